The Bertz CT molecular complexity index is 510. The first-order valence-corrected chi connectivity index (χ1v) is 7.27. The van der Waals surface area contributed by atoms with Gasteiger partial charge in [-0.2, -0.15) is 13.2 Å². The van der Waals surface area contributed by atoms with Crippen LogP contribution in [0, 0.1) is 5.92 Å². The second kappa shape index (κ2) is 9.68. The number of aromatic nitrogens is 1. The Balaban J connectivity index is 0.00000529. The van der Waals surface area contributed by atoms with E-state index in [1.807, 2.05) is 13.8 Å². The van der Waals surface area contributed by atoms with E-state index in [0.29, 0.717) is 18.9 Å². The molecule has 9 heteroatoms. The number of ether oxygens (including phenoxy) is 1. The Morgan fingerprint density at radius 2 is 2.00 bits per heavy atom. The minimum absolute atomic E-state index is 0. The Morgan fingerprint density at radius 1 is 1.38 bits per heavy atom. The molecule has 0 radical (unpaired) electrons. The summed E-state index contributed by atoms with van der Waals surface area (Å²) in [5.74, 6) is -0.121. The minimum atomic E-state index is -4.43. The second-order valence-corrected chi connectivity index (χ2v) is 5.71. The Morgan fingerprint density at radius 3 is 2.46 bits per heavy atom. The third kappa shape index (κ3) is 7.83. The van der Waals surface area contributed by atoms with Gasteiger partial charge >= 0.3 is 6.18 Å². The van der Waals surface area contributed by atoms with Crippen molar-refractivity contribution in [2.24, 2.45) is 11.7 Å². The molecule has 1 atom stereocenters. The highest BCUT2D eigenvalue weighted by Crippen LogP contribution is 2.17. The predicted octanol–water partition coefficient (Wildman–Crippen LogP) is 2.89. The molecule has 1 rings (SSSR count). The molecular formula is C15H23ClF3N3O2. The zero-order valence-electron chi connectivity index (χ0n) is 13.8. The van der Waals surface area contributed by atoms with E-state index in [0.717, 1.165) is 0 Å². The van der Waals surface area contributed by atoms with Crippen LogP contribution in [0.15, 0.2) is 18.3 Å². The molecule has 0 aromatic carbocycles. The van der Waals surface area contributed by atoms with Crippen molar-refractivity contribution in [2.75, 3.05) is 20.2 Å². The van der Waals surface area contributed by atoms with E-state index in [1.165, 1.54) is 23.2 Å². The van der Waals surface area contributed by atoms with E-state index < -0.39 is 12.8 Å². The second-order valence-electron chi connectivity index (χ2n) is 5.71. The van der Waals surface area contributed by atoms with E-state index in [4.69, 9.17) is 5.73 Å². The summed E-state index contributed by atoms with van der Waals surface area (Å²) in [5.41, 5.74) is 6.22. The number of nitrogens with zero attached hydrogens (tertiary/aromatic N) is 2. The lowest BCUT2D eigenvalue weighted by molar-refractivity contribution is -0.154. The van der Waals surface area contributed by atoms with Gasteiger partial charge < -0.3 is 15.4 Å². The zero-order valence-corrected chi connectivity index (χ0v) is 14.7. The molecular weight excluding hydrogens is 347 g/mol. The van der Waals surface area contributed by atoms with Crippen molar-refractivity contribution in [1.29, 1.82) is 0 Å². The molecule has 0 spiro atoms. The predicted molar refractivity (Wildman–Crippen MR) is 87.4 cm³/mol. The van der Waals surface area contributed by atoms with Crippen molar-refractivity contribution in [3.8, 4) is 5.88 Å². The smallest absolute Gasteiger partial charge is 0.422 e. The van der Waals surface area contributed by atoms with Crippen LogP contribution in [0.5, 0.6) is 5.88 Å². The van der Waals surface area contributed by atoms with Crippen LogP contribution in [0.2, 0.25) is 0 Å². The molecule has 1 unspecified atom stereocenters. The molecule has 2 N–H and O–H groups in total. The number of halogens is 4. The van der Waals surface area contributed by atoms with Gasteiger partial charge in [-0.15, -0.1) is 12.4 Å². The van der Waals surface area contributed by atoms with E-state index in [2.05, 4.69) is 9.72 Å². The molecule has 1 amide bonds. The van der Waals surface area contributed by atoms with Crippen LogP contribution in [-0.4, -0.2) is 48.2 Å². The summed E-state index contributed by atoms with van der Waals surface area (Å²) in [5, 5.41) is 0. The highest BCUT2D eigenvalue weighted by molar-refractivity contribution is 5.93. The summed E-state index contributed by atoms with van der Waals surface area (Å²) < 4.78 is 40.6. The van der Waals surface area contributed by atoms with Crippen LogP contribution in [0.4, 0.5) is 13.2 Å². The molecule has 1 aromatic rings. The van der Waals surface area contributed by atoms with E-state index in [-0.39, 0.29) is 35.8 Å². The first-order valence-electron chi connectivity index (χ1n) is 7.27. The Kier molecular flexibility index (Phi) is 9.06. The number of hydrogen-bond acceptors (Lipinski definition) is 4. The molecule has 138 valence electrons. The lowest BCUT2D eigenvalue weighted by atomic mass is 10.0. The van der Waals surface area contributed by atoms with Crippen LogP contribution in [0.25, 0.3) is 0 Å². The van der Waals surface area contributed by atoms with Gasteiger partial charge in [0.05, 0.1) is 5.56 Å². The molecule has 0 fully saturated rings. The average molecular weight is 370 g/mol. The van der Waals surface area contributed by atoms with Crippen molar-refractivity contribution in [2.45, 2.75) is 32.5 Å². The zero-order chi connectivity index (χ0) is 17.6. The van der Waals surface area contributed by atoms with E-state index >= 15 is 0 Å². The summed E-state index contributed by atoms with van der Waals surface area (Å²) in [6.45, 7) is 3.09. The molecule has 0 saturated carbocycles. The highest BCUT2D eigenvalue weighted by atomic mass is 35.5. The first kappa shape index (κ1) is 22.5. The normalized spacial score (nSPS) is 12.5. The third-order valence-corrected chi connectivity index (χ3v) is 3.37. The van der Waals surface area contributed by atoms with Gasteiger partial charge in [0.15, 0.2) is 6.61 Å². The van der Waals surface area contributed by atoms with Gasteiger partial charge in [-0.05, 0) is 18.4 Å². The van der Waals surface area contributed by atoms with Gasteiger partial charge in [-0.25, -0.2) is 4.98 Å². The van der Waals surface area contributed by atoms with Gasteiger partial charge in [0.2, 0.25) is 5.88 Å². The van der Waals surface area contributed by atoms with Gasteiger partial charge in [-0.1, -0.05) is 13.8 Å². The van der Waals surface area contributed by atoms with Crippen molar-refractivity contribution < 1.29 is 22.7 Å². The topological polar surface area (TPSA) is 68.5 Å². The molecule has 1 heterocycles. The number of rotatable bonds is 7. The number of nitrogens with two attached hydrogens (primary N) is 1. The fourth-order valence-corrected chi connectivity index (χ4v) is 1.75. The lowest BCUT2D eigenvalue weighted by Crippen LogP contribution is -2.34. The number of carbonyl (C=O) groups is 1. The molecule has 0 saturated heterocycles. The minimum Gasteiger partial charge on any atom is -0.468 e. The third-order valence-electron chi connectivity index (χ3n) is 3.37. The number of alkyl halides is 3. The Hall–Kier alpha value is -1.54. The quantitative estimate of drug-likeness (QED) is 0.802. The van der Waals surface area contributed by atoms with Crippen molar-refractivity contribution >= 4 is 18.3 Å². The highest BCUT2D eigenvalue weighted by Gasteiger charge is 2.28. The van der Waals surface area contributed by atoms with Crippen LogP contribution in [0.3, 0.4) is 0 Å². The molecule has 0 bridgehead atoms. The van der Waals surface area contributed by atoms with Crippen LogP contribution >= 0.6 is 12.4 Å². The lowest BCUT2D eigenvalue weighted by Gasteiger charge is -2.21. The maximum absolute atomic E-state index is 12.2. The van der Waals surface area contributed by atoms with Gasteiger partial charge in [0.25, 0.3) is 5.91 Å². The molecule has 5 nitrogen and oxygen atoms in total. The number of amides is 1. The summed E-state index contributed by atoms with van der Waals surface area (Å²) in [6, 6.07) is 2.63. The van der Waals surface area contributed by atoms with Crippen molar-refractivity contribution in [3.05, 3.63) is 23.9 Å². The summed E-state index contributed by atoms with van der Waals surface area (Å²) in [6.07, 6.45) is -2.56. The molecule has 0 aliphatic carbocycles. The molecule has 24 heavy (non-hydrogen) atoms. The van der Waals surface area contributed by atoms with Crippen molar-refractivity contribution in [3.63, 3.8) is 0 Å². The molecule has 0 aliphatic heterocycles. The molecule has 1 aromatic heterocycles. The van der Waals surface area contributed by atoms with Gasteiger partial charge in [0.1, 0.15) is 0 Å². The van der Waals surface area contributed by atoms with Crippen LogP contribution in [-0.2, 0) is 0 Å². The number of hydrogen-bond donors (Lipinski definition) is 1. The fraction of sp³-hybridized carbons (Fsp3) is 0.600. The van der Waals surface area contributed by atoms with E-state index in [1.54, 1.807) is 7.05 Å². The monoisotopic (exact) mass is 369 g/mol. The molecule has 0 aliphatic rings. The maximum atomic E-state index is 12.2. The van der Waals surface area contributed by atoms with Gasteiger partial charge in [-0.3, -0.25) is 4.79 Å². The van der Waals surface area contributed by atoms with Crippen LogP contribution in [0.1, 0.15) is 30.6 Å². The summed E-state index contributed by atoms with van der Waals surface area (Å²) >= 11 is 0. The maximum Gasteiger partial charge on any atom is 0.422 e. The SMILES string of the molecule is CC(C)C(N)CCN(C)C(=O)c1ccc(OCC(F)(F)F)nc1.Cl. The Labute approximate surface area is 145 Å². The van der Waals surface area contributed by atoms with Crippen LogP contribution < -0.4 is 10.5 Å². The fourth-order valence-electron chi connectivity index (χ4n) is 1.75. The summed E-state index contributed by atoms with van der Waals surface area (Å²) in [4.78, 5) is 17.4. The van der Waals surface area contributed by atoms with Gasteiger partial charge in [0, 0.05) is 31.9 Å². The van der Waals surface area contributed by atoms with E-state index in [9.17, 15) is 18.0 Å². The average Bonchev–Trinajstić information content (AvgIpc) is 2.49. The number of pyridine rings is 1. The first-order chi connectivity index (χ1) is 10.6. The number of carbonyl (C=O) groups excluding carboxylic acids is 1. The summed E-state index contributed by atoms with van der Waals surface area (Å²) in [7, 11) is 1.64. The largest absolute Gasteiger partial charge is 0.468 e. The van der Waals surface area contributed by atoms with Crippen molar-refractivity contribution in [1.82, 2.24) is 9.88 Å². The standard InChI is InChI=1S/C15H22F3N3O2.ClH/c1-10(2)12(19)6-7-21(3)14(22)11-4-5-13(20-8-11)23-9-15(16,17)18;/h4-5,8,10,12H,6-7,9,19H2,1-3H3;1H.